The Kier molecular flexibility index (Phi) is 8.02. The molecule has 0 amide bonds. The molecule has 2 aromatic heterocycles. The number of halogens is 1. The maximum absolute atomic E-state index is 14.1. The lowest BCUT2D eigenvalue weighted by Gasteiger charge is -2.18. The zero-order valence-electron chi connectivity index (χ0n) is 24.7. The van der Waals surface area contributed by atoms with Gasteiger partial charge in [-0.05, 0) is 74.0 Å². The van der Waals surface area contributed by atoms with Gasteiger partial charge in [0.15, 0.2) is 11.5 Å². The van der Waals surface area contributed by atoms with Crippen LogP contribution in [-0.2, 0) is 0 Å². The second-order valence-corrected chi connectivity index (χ2v) is 10.9. The van der Waals surface area contributed by atoms with Crippen molar-refractivity contribution in [2.75, 3.05) is 7.11 Å². The van der Waals surface area contributed by atoms with Crippen LogP contribution in [0.2, 0.25) is 5.02 Å². The number of aryl methyl sites for hydroxylation is 2. The smallest absolute Gasteiger partial charge is 0.343 e. The Hall–Kier alpha value is -5.54. The molecule has 0 saturated carbocycles. The monoisotopic (exact) mass is 620 g/mol. The second-order valence-electron chi connectivity index (χ2n) is 10.5. The number of carbonyl (C=O) groups excluding carboxylic acids is 1. The Morgan fingerprint density at radius 3 is 1.78 bits per heavy atom. The van der Waals surface area contributed by atoms with E-state index >= 15 is 0 Å². The lowest BCUT2D eigenvalue weighted by molar-refractivity contribution is 0.0729. The van der Waals surface area contributed by atoms with Gasteiger partial charge >= 0.3 is 5.97 Å². The summed E-state index contributed by atoms with van der Waals surface area (Å²) in [6.45, 7) is 3.61. The molecule has 0 spiro atoms. The van der Waals surface area contributed by atoms with E-state index in [-0.39, 0.29) is 28.2 Å². The molecule has 10 heteroatoms. The highest BCUT2D eigenvalue weighted by molar-refractivity contribution is 6.30. The summed E-state index contributed by atoms with van der Waals surface area (Å²) < 4.78 is 14.3. The van der Waals surface area contributed by atoms with Gasteiger partial charge in [-0.3, -0.25) is 19.8 Å². The van der Waals surface area contributed by atoms with Crippen LogP contribution in [0.25, 0.3) is 11.4 Å². The van der Waals surface area contributed by atoms with E-state index in [1.807, 2.05) is 60.7 Å². The van der Waals surface area contributed by atoms with Crippen LogP contribution in [0.15, 0.2) is 113 Å². The lowest BCUT2D eigenvalue weighted by Crippen LogP contribution is -2.25. The molecule has 6 aromatic rings. The summed E-state index contributed by atoms with van der Waals surface area (Å²) in [4.78, 5) is 41.2. The van der Waals surface area contributed by atoms with E-state index in [2.05, 4.69) is 10.2 Å². The molecule has 2 N–H and O–H groups in total. The van der Waals surface area contributed by atoms with Gasteiger partial charge in [-0.2, -0.15) is 0 Å². The van der Waals surface area contributed by atoms with Gasteiger partial charge in [-0.15, -0.1) is 0 Å². The van der Waals surface area contributed by atoms with Crippen molar-refractivity contribution in [3.63, 3.8) is 0 Å². The van der Waals surface area contributed by atoms with Crippen LogP contribution in [0.1, 0.15) is 44.4 Å². The molecule has 4 aromatic carbocycles. The molecule has 2 heterocycles. The molecular formula is C35H29ClN4O5. The number of rotatable bonds is 8. The third-order valence-electron chi connectivity index (χ3n) is 7.62. The minimum absolute atomic E-state index is 0.171. The van der Waals surface area contributed by atoms with Gasteiger partial charge in [0.1, 0.15) is 0 Å². The predicted octanol–water partition coefficient (Wildman–Crippen LogP) is 6.32. The number of hydrogen-bond acceptors (Lipinski definition) is 5. The number of ether oxygens (including phenoxy) is 2. The van der Waals surface area contributed by atoms with Crippen LogP contribution in [0.3, 0.4) is 0 Å². The van der Waals surface area contributed by atoms with Crippen LogP contribution in [0.4, 0.5) is 0 Å². The Balaban J connectivity index is 1.52. The molecule has 226 valence electrons. The van der Waals surface area contributed by atoms with E-state index in [1.54, 1.807) is 50.2 Å². The van der Waals surface area contributed by atoms with Crippen molar-refractivity contribution in [3.05, 3.63) is 163 Å². The molecule has 0 aliphatic carbocycles. The number of aromatic amines is 2. The first-order valence-corrected chi connectivity index (χ1v) is 14.5. The van der Waals surface area contributed by atoms with Crippen molar-refractivity contribution >= 4 is 17.6 Å². The summed E-state index contributed by atoms with van der Waals surface area (Å²) >= 11 is 6.06. The summed E-state index contributed by atoms with van der Waals surface area (Å²) in [5, 5.41) is 6.78. The number of carbonyl (C=O) groups is 1. The Morgan fingerprint density at radius 2 is 1.27 bits per heavy atom. The first-order chi connectivity index (χ1) is 21.8. The van der Waals surface area contributed by atoms with Crippen molar-refractivity contribution in [2.24, 2.45) is 0 Å². The van der Waals surface area contributed by atoms with Crippen molar-refractivity contribution in [2.45, 2.75) is 19.8 Å². The SMILES string of the molecule is COc1cc(C(c2c(C)[nH]n(-c3ccccc3)c2=O)c2c(C)[nH]n(-c3ccccc3)c2=O)ccc1OC(=O)c1cccc(Cl)c1. The summed E-state index contributed by atoms with van der Waals surface area (Å²) in [7, 11) is 1.46. The first kappa shape index (κ1) is 29.5. The first-order valence-electron chi connectivity index (χ1n) is 14.2. The molecule has 45 heavy (non-hydrogen) atoms. The van der Waals surface area contributed by atoms with Gasteiger partial charge in [0.25, 0.3) is 11.1 Å². The van der Waals surface area contributed by atoms with Crippen LogP contribution in [0, 0.1) is 13.8 Å². The number of esters is 1. The normalized spacial score (nSPS) is 11.1. The average Bonchev–Trinajstić information content (AvgIpc) is 3.52. The molecule has 0 saturated heterocycles. The number of benzene rings is 4. The Bertz CT molecular complexity index is 2030. The molecule has 0 atom stereocenters. The van der Waals surface area contributed by atoms with Gasteiger partial charge in [0.2, 0.25) is 0 Å². The number of methoxy groups -OCH3 is 1. The van der Waals surface area contributed by atoms with E-state index in [0.717, 1.165) is 0 Å². The third kappa shape index (κ3) is 5.61. The zero-order valence-corrected chi connectivity index (χ0v) is 25.5. The van der Waals surface area contributed by atoms with Gasteiger partial charge in [0.05, 0.1) is 35.2 Å². The van der Waals surface area contributed by atoms with Gasteiger partial charge < -0.3 is 9.47 Å². The maximum Gasteiger partial charge on any atom is 0.343 e. The highest BCUT2D eigenvalue weighted by atomic mass is 35.5. The van der Waals surface area contributed by atoms with Gasteiger partial charge in [-0.1, -0.05) is 60.1 Å². The van der Waals surface area contributed by atoms with Crippen molar-refractivity contribution in [1.82, 2.24) is 19.6 Å². The fourth-order valence-electron chi connectivity index (χ4n) is 5.52. The Labute approximate surface area is 263 Å². The zero-order chi connectivity index (χ0) is 31.7. The molecule has 6 rings (SSSR count). The maximum atomic E-state index is 14.1. The molecule has 0 unspecified atom stereocenters. The number of aromatic nitrogens is 4. The highest BCUT2D eigenvalue weighted by Gasteiger charge is 2.31. The molecule has 0 fully saturated rings. The summed E-state index contributed by atoms with van der Waals surface area (Å²) in [6, 6.07) is 29.9. The fourth-order valence-corrected chi connectivity index (χ4v) is 5.71. The summed E-state index contributed by atoms with van der Waals surface area (Å²) in [6.07, 6.45) is 0. The largest absolute Gasteiger partial charge is 0.493 e. The standard InChI is InChI=1S/C35H29ClN4O5/c1-21-30(33(41)39(37-21)26-13-6-4-7-14-26)32(31-22(2)38-40(34(31)42)27-15-8-5-9-16-27)23-17-18-28(29(20-23)44-3)45-35(43)24-11-10-12-25(36)19-24/h4-20,32,37-38H,1-3H3. The molecule has 9 nitrogen and oxygen atoms in total. The Morgan fingerprint density at radius 1 is 0.711 bits per heavy atom. The molecule has 0 aliphatic heterocycles. The van der Waals surface area contributed by atoms with Crippen LogP contribution < -0.4 is 20.6 Å². The summed E-state index contributed by atoms with van der Waals surface area (Å²) in [5.74, 6) is -0.996. The van der Waals surface area contributed by atoms with E-state index in [4.69, 9.17) is 21.1 Å². The topological polar surface area (TPSA) is 111 Å². The van der Waals surface area contributed by atoms with Gasteiger partial charge in [0, 0.05) is 22.3 Å². The second kappa shape index (κ2) is 12.2. The van der Waals surface area contributed by atoms with Crippen LogP contribution in [-0.4, -0.2) is 32.6 Å². The number of nitrogens with zero attached hydrogens (tertiary/aromatic N) is 2. The number of nitrogens with one attached hydrogen (secondary N) is 2. The minimum Gasteiger partial charge on any atom is -0.493 e. The number of H-pyrrole nitrogens is 2. The van der Waals surface area contributed by atoms with E-state index in [9.17, 15) is 14.4 Å². The molecule has 0 bridgehead atoms. The quantitative estimate of drug-likeness (QED) is 0.153. The van der Waals surface area contributed by atoms with Crippen molar-refractivity contribution in [3.8, 4) is 22.9 Å². The minimum atomic E-state index is -0.806. The van der Waals surface area contributed by atoms with Crippen molar-refractivity contribution < 1.29 is 14.3 Å². The van der Waals surface area contributed by atoms with Gasteiger partial charge in [-0.25, -0.2) is 14.2 Å². The van der Waals surface area contributed by atoms with Crippen LogP contribution in [0.5, 0.6) is 11.5 Å². The number of hydrogen-bond donors (Lipinski definition) is 2. The van der Waals surface area contributed by atoms with E-state index < -0.39 is 11.9 Å². The average molecular weight is 621 g/mol. The van der Waals surface area contributed by atoms with E-state index in [1.165, 1.54) is 22.5 Å². The fraction of sp³-hybridized carbons (Fsp3) is 0.114. The molecular weight excluding hydrogens is 592 g/mol. The molecule has 0 radical (unpaired) electrons. The predicted molar refractivity (Wildman–Crippen MR) is 173 cm³/mol. The van der Waals surface area contributed by atoms with Crippen molar-refractivity contribution in [1.29, 1.82) is 0 Å². The number of para-hydroxylation sites is 2. The third-order valence-corrected chi connectivity index (χ3v) is 7.86. The lowest BCUT2D eigenvalue weighted by atomic mass is 9.85. The van der Waals surface area contributed by atoms with E-state index in [0.29, 0.717) is 44.5 Å². The molecule has 0 aliphatic rings. The highest BCUT2D eigenvalue weighted by Crippen LogP contribution is 2.37. The van der Waals surface area contributed by atoms with Crippen LogP contribution >= 0.6 is 11.6 Å². The summed E-state index contributed by atoms with van der Waals surface area (Å²) in [5.41, 5.74) is 3.55.